The fourth-order valence-electron chi connectivity index (χ4n) is 12.6. The van der Waals surface area contributed by atoms with Crippen LogP contribution in [0.25, 0.3) is 0 Å². The summed E-state index contributed by atoms with van der Waals surface area (Å²) in [5.41, 5.74) is 0. The molecule has 0 radical (unpaired) electrons. The molecule has 19 heteroatoms. The second kappa shape index (κ2) is 71.0. The molecule has 0 fully saturated rings. The summed E-state index contributed by atoms with van der Waals surface area (Å²) in [5, 5.41) is 10.6. The van der Waals surface area contributed by atoms with Crippen LogP contribution in [-0.4, -0.2) is 96.7 Å². The Hall–Kier alpha value is -1.94. The molecule has 6 atom stereocenters. The van der Waals surface area contributed by atoms with Gasteiger partial charge in [-0.25, -0.2) is 9.13 Å². The van der Waals surface area contributed by atoms with Crippen LogP contribution in [0.5, 0.6) is 0 Å². The van der Waals surface area contributed by atoms with Gasteiger partial charge in [0.25, 0.3) is 0 Å². The van der Waals surface area contributed by atoms with E-state index in [1.54, 1.807) is 0 Å². The smallest absolute Gasteiger partial charge is 0.462 e. The number of hydrogen-bond donors (Lipinski definition) is 3. The van der Waals surface area contributed by atoms with Crippen molar-refractivity contribution < 1.29 is 80.2 Å². The van der Waals surface area contributed by atoms with E-state index in [-0.39, 0.29) is 25.7 Å². The SMILES string of the molecule is CCC(C)CCCCCCCCC(=O)OC[C@H](COP(=O)(O)OC[C@H](O)COP(=O)(O)OC[C@@H](COC(=O)CCCCCCCCCCC(C)C)OC(=O)CCCCCCCCCCCCCCCCCCCCC(C)C)OC(=O)CCCCCCCCCCCCCCCCCCC(C)C. The van der Waals surface area contributed by atoms with Gasteiger partial charge in [0.15, 0.2) is 12.2 Å². The van der Waals surface area contributed by atoms with Crippen molar-refractivity contribution in [1.82, 2.24) is 0 Å². The first-order chi connectivity index (χ1) is 48.6. The van der Waals surface area contributed by atoms with E-state index in [0.29, 0.717) is 25.7 Å². The lowest BCUT2D eigenvalue weighted by Crippen LogP contribution is -2.30. The number of hydrogen-bond acceptors (Lipinski definition) is 15. The summed E-state index contributed by atoms with van der Waals surface area (Å²) in [6.45, 7) is 14.2. The first kappa shape index (κ1) is 99.1. The average Bonchev–Trinajstić information content (AvgIpc) is 1.01. The monoisotopic (exact) mass is 1480 g/mol. The minimum Gasteiger partial charge on any atom is -0.462 e. The van der Waals surface area contributed by atoms with E-state index in [2.05, 4.69) is 55.4 Å². The molecule has 0 aliphatic heterocycles. The van der Waals surface area contributed by atoms with Crippen molar-refractivity contribution >= 4 is 39.5 Å². The number of unbranched alkanes of at least 4 members (excludes halogenated alkanes) is 44. The zero-order chi connectivity index (χ0) is 74.6. The maximum Gasteiger partial charge on any atom is 0.472 e. The van der Waals surface area contributed by atoms with E-state index in [1.807, 2.05) is 0 Å². The van der Waals surface area contributed by atoms with Crippen molar-refractivity contribution in [2.45, 2.75) is 440 Å². The molecular formula is C82H160O17P2. The first-order valence-corrected chi connectivity index (χ1v) is 45.2. The van der Waals surface area contributed by atoms with Gasteiger partial charge in [0.2, 0.25) is 0 Å². The Morgan fingerprint density at radius 2 is 0.475 bits per heavy atom. The van der Waals surface area contributed by atoms with Gasteiger partial charge in [0.1, 0.15) is 19.3 Å². The first-order valence-electron chi connectivity index (χ1n) is 42.2. The zero-order valence-electron chi connectivity index (χ0n) is 66.5. The van der Waals surface area contributed by atoms with Gasteiger partial charge in [-0.3, -0.25) is 37.3 Å². The molecule has 101 heavy (non-hydrogen) atoms. The number of carbonyl (C=O) groups is 4. The van der Waals surface area contributed by atoms with Crippen LogP contribution >= 0.6 is 15.6 Å². The van der Waals surface area contributed by atoms with Crippen molar-refractivity contribution in [2.75, 3.05) is 39.6 Å². The maximum absolute atomic E-state index is 13.1. The molecule has 0 heterocycles. The highest BCUT2D eigenvalue weighted by atomic mass is 31.2. The van der Waals surface area contributed by atoms with Crippen molar-refractivity contribution in [2.24, 2.45) is 23.7 Å². The summed E-state index contributed by atoms with van der Waals surface area (Å²) in [6.07, 6.45) is 58.5. The molecule has 0 saturated heterocycles. The number of phosphoric acid groups is 2. The molecule has 0 aliphatic rings. The van der Waals surface area contributed by atoms with Gasteiger partial charge in [0, 0.05) is 25.7 Å². The molecule has 0 spiro atoms. The van der Waals surface area contributed by atoms with Crippen LogP contribution in [0.15, 0.2) is 0 Å². The third-order valence-corrected chi connectivity index (χ3v) is 21.3. The largest absolute Gasteiger partial charge is 0.472 e. The van der Waals surface area contributed by atoms with Gasteiger partial charge in [-0.2, -0.15) is 0 Å². The number of aliphatic hydroxyl groups is 1. The summed E-state index contributed by atoms with van der Waals surface area (Å²) in [4.78, 5) is 73.0. The van der Waals surface area contributed by atoms with Crippen LogP contribution in [0.2, 0.25) is 0 Å². The summed E-state index contributed by atoms with van der Waals surface area (Å²) in [5.74, 6) is 0.971. The van der Waals surface area contributed by atoms with Crippen molar-refractivity contribution in [3.63, 3.8) is 0 Å². The molecule has 600 valence electrons. The third kappa shape index (κ3) is 74.7. The summed E-state index contributed by atoms with van der Waals surface area (Å²) in [7, 11) is -9.92. The molecule has 3 unspecified atom stereocenters. The number of phosphoric ester groups is 2. The van der Waals surface area contributed by atoms with E-state index in [9.17, 15) is 43.2 Å². The van der Waals surface area contributed by atoms with E-state index in [0.717, 1.165) is 120 Å². The Morgan fingerprint density at radius 1 is 0.277 bits per heavy atom. The second-order valence-corrected chi connectivity index (χ2v) is 34.1. The van der Waals surface area contributed by atoms with E-state index < -0.39 is 97.5 Å². The highest BCUT2D eigenvalue weighted by Gasteiger charge is 2.30. The highest BCUT2D eigenvalue weighted by molar-refractivity contribution is 7.47. The summed E-state index contributed by atoms with van der Waals surface area (Å²) in [6, 6.07) is 0. The Labute approximate surface area is 619 Å². The minimum absolute atomic E-state index is 0.107. The zero-order valence-corrected chi connectivity index (χ0v) is 68.3. The summed E-state index contributed by atoms with van der Waals surface area (Å²) < 4.78 is 68.7. The Morgan fingerprint density at radius 3 is 0.703 bits per heavy atom. The maximum atomic E-state index is 13.1. The van der Waals surface area contributed by atoms with Crippen LogP contribution in [0, 0.1) is 23.7 Å². The number of aliphatic hydroxyl groups excluding tert-OH is 1. The van der Waals surface area contributed by atoms with Gasteiger partial charge >= 0.3 is 39.5 Å². The molecule has 0 aromatic carbocycles. The van der Waals surface area contributed by atoms with Gasteiger partial charge in [-0.1, -0.05) is 370 Å². The van der Waals surface area contributed by atoms with Crippen LogP contribution < -0.4 is 0 Å². The van der Waals surface area contributed by atoms with Gasteiger partial charge in [-0.15, -0.1) is 0 Å². The van der Waals surface area contributed by atoms with Crippen molar-refractivity contribution in [1.29, 1.82) is 0 Å². The van der Waals surface area contributed by atoms with Crippen molar-refractivity contribution in [3.8, 4) is 0 Å². The van der Waals surface area contributed by atoms with Crippen LogP contribution in [0.1, 0.15) is 421 Å². The number of ether oxygens (including phenoxy) is 4. The van der Waals surface area contributed by atoms with E-state index in [4.69, 9.17) is 37.0 Å². The van der Waals surface area contributed by atoms with Gasteiger partial charge in [-0.05, 0) is 49.4 Å². The lowest BCUT2D eigenvalue weighted by molar-refractivity contribution is -0.161. The fourth-order valence-corrected chi connectivity index (χ4v) is 14.2. The second-order valence-electron chi connectivity index (χ2n) is 31.2. The number of carbonyl (C=O) groups excluding carboxylic acids is 4. The fraction of sp³-hybridized carbons (Fsp3) is 0.951. The molecule has 0 aromatic heterocycles. The summed E-state index contributed by atoms with van der Waals surface area (Å²) >= 11 is 0. The molecule has 0 amide bonds. The van der Waals surface area contributed by atoms with Gasteiger partial charge < -0.3 is 33.8 Å². The predicted octanol–water partition coefficient (Wildman–Crippen LogP) is 24.4. The normalized spacial score (nSPS) is 14.3. The van der Waals surface area contributed by atoms with Gasteiger partial charge in [0.05, 0.1) is 26.4 Å². The van der Waals surface area contributed by atoms with Crippen molar-refractivity contribution in [3.05, 3.63) is 0 Å². The lowest BCUT2D eigenvalue weighted by Gasteiger charge is -2.21. The molecule has 0 bridgehead atoms. The topological polar surface area (TPSA) is 237 Å². The lowest BCUT2D eigenvalue weighted by atomic mass is 10.00. The van der Waals surface area contributed by atoms with E-state index >= 15 is 0 Å². The molecular weight excluding hydrogens is 1320 g/mol. The van der Waals surface area contributed by atoms with E-state index in [1.165, 1.54) is 218 Å². The highest BCUT2D eigenvalue weighted by Crippen LogP contribution is 2.45. The van der Waals surface area contributed by atoms with Crippen LogP contribution in [-0.2, 0) is 65.4 Å². The van der Waals surface area contributed by atoms with Crippen LogP contribution in [0.4, 0.5) is 0 Å². The number of rotatable bonds is 79. The predicted molar refractivity (Wildman–Crippen MR) is 414 cm³/mol. The molecule has 0 rings (SSSR count). The number of esters is 4. The molecule has 0 aliphatic carbocycles. The third-order valence-electron chi connectivity index (χ3n) is 19.4. The molecule has 17 nitrogen and oxygen atoms in total. The average molecular weight is 1480 g/mol. The minimum atomic E-state index is -4.96. The standard InChI is InChI=1S/C82H160O17P2/c1-9-75(8)61-53-45-40-41-47-55-63-80(85)93-69-78(99-82(87)65-57-49-39-31-27-23-19-15-14-17-21-25-29-35-43-51-59-73(4)5)71-97-101(90,91)95-67-76(83)66-94-100(88,89)96-70-77(68-92-79(84)62-54-46-37-33-32-36-44-52-60-74(6)7)98-81(86)64-56-48-38-30-26-22-18-13-11-10-12-16-20-24-28-34-42-50-58-72(2)3/h72-78,83H,9-71H2,1-8H3,(H,88,89)(H,90,91)/t75?,76-,77-,78-/m1/s1. The quantitative estimate of drug-likeness (QED) is 0.0222. The Bertz CT molecular complexity index is 1970. The molecule has 0 aromatic rings. The van der Waals surface area contributed by atoms with Crippen LogP contribution in [0.3, 0.4) is 0 Å². The molecule has 0 saturated carbocycles. The molecule has 3 N–H and O–H groups in total. The Balaban J connectivity index is 5.18. The Kier molecular flexibility index (Phi) is 69.6.